The third-order valence-electron chi connectivity index (χ3n) is 1.34. The van der Waals surface area contributed by atoms with Crippen LogP contribution >= 0.6 is 0 Å². The summed E-state index contributed by atoms with van der Waals surface area (Å²) in [5.41, 5.74) is 6.39. The number of nitrogens with zero attached hydrogens (tertiary/aromatic N) is 2. The molecule has 1 heterocycles. The van der Waals surface area contributed by atoms with Crippen LogP contribution in [-0.4, -0.2) is 30.5 Å². The fourth-order valence-electron chi connectivity index (χ4n) is 0.658. The van der Waals surface area contributed by atoms with Crippen molar-refractivity contribution in [2.75, 3.05) is 7.05 Å². The zero-order valence-corrected chi connectivity index (χ0v) is 7.29. The second-order valence-electron chi connectivity index (χ2n) is 2.20. The molecule has 9 nitrogen and oxygen atoms in total. The molecule has 0 aromatic rings. The molecule has 0 aliphatic carbocycles. The molecule has 1 aliphatic rings. The first-order valence-electron chi connectivity index (χ1n) is 3.59. The zero-order valence-electron chi connectivity index (χ0n) is 7.29. The zero-order chi connectivity index (χ0) is 10.6. The SMILES string of the molecule is CNC(=O)C1=NNC(C(=O)NN)=NN1. The normalized spacial score (nSPS) is 14.1. The number of amides is 2. The Morgan fingerprint density at radius 3 is 2.07 bits per heavy atom. The first-order valence-corrected chi connectivity index (χ1v) is 3.59. The summed E-state index contributed by atoms with van der Waals surface area (Å²) < 4.78 is 0. The van der Waals surface area contributed by atoms with Crippen molar-refractivity contribution >= 4 is 23.5 Å². The number of hydrazine groups is 1. The standard InChI is InChI=1S/C5H9N7O2/c1-7-4(13)2-9-11-3(12-10-2)5(14)8-6/h6H2,1H3,(H,7,13)(H,8,14)(H,9,10)(H,11,12). The maximum absolute atomic E-state index is 11.0. The van der Waals surface area contributed by atoms with E-state index in [0.717, 1.165) is 0 Å². The summed E-state index contributed by atoms with van der Waals surface area (Å²) >= 11 is 0. The van der Waals surface area contributed by atoms with Gasteiger partial charge in [0, 0.05) is 7.05 Å². The minimum atomic E-state index is -0.641. The van der Waals surface area contributed by atoms with E-state index in [1.807, 2.05) is 5.43 Å². The number of rotatable bonds is 2. The van der Waals surface area contributed by atoms with Crippen molar-refractivity contribution in [2.24, 2.45) is 16.0 Å². The van der Waals surface area contributed by atoms with Gasteiger partial charge in [0.05, 0.1) is 0 Å². The molecular formula is C5H9N7O2. The van der Waals surface area contributed by atoms with Gasteiger partial charge in [-0.2, -0.15) is 0 Å². The molecule has 0 saturated carbocycles. The van der Waals surface area contributed by atoms with Crippen molar-refractivity contribution < 1.29 is 9.59 Å². The van der Waals surface area contributed by atoms with Crippen LogP contribution < -0.4 is 27.4 Å². The molecular weight excluding hydrogens is 190 g/mol. The van der Waals surface area contributed by atoms with Crippen molar-refractivity contribution in [3.8, 4) is 0 Å². The third-order valence-corrected chi connectivity index (χ3v) is 1.34. The number of nitrogens with two attached hydrogens (primary N) is 1. The smallest absolute Gasteiger partial charge is 0.304 e. The molecule has 9 heteroatoms. The van der Waals surface area contributed by atoms with Crippen LogP contribution in [0.15, 0.2) is 10.2 Å². The molecule has 6 N–H and O–H groups in total. The van der Waals surface area contributed by atoms with E-state index in [1.54, 1.807) is 0 Å². The molecule has 0 atom stereocenters. The maximum atomic E-state index is 11.0. The van der Waals surface area contributed by atoms with E-state index in [4.69, 9.17) is 5.84 Å². The van der Waals surface area contributed by atoms with Gasteiger partial charge in [0.25, 0.3) is 5.91 Å². The van der Waals surface area contributed by atoms with E-state index in [2.05, 4.69) is 26.4 Å². The monoisotopic (exact) mass is 199 g/mol. The Hall–Kier alpha value is -2.16. The number of amidine groups is 2. The van der Waals surface area contributed by atoms with E-state index in [9.17, 15) is 9.59 Å². The number of likely N-dealkylation sites (N-methyl/N-ethyl adjacent to an activating group) is 1. The highest BCUT2D eigenvalue weighted by Gasteiger charge is 2.17. The average molecular weight is 199 g/mol. The lowest BCUT2D eigenvalue weighted by Gasteiger charge is -2.11. The fraction of sp³-hybridized carbons (Fsp3) is 0.200. The predicted octanol–water partition coefficient (Wildman–Crippen LogP) is -3.46. The van der Waals surface area contributed by atoms with Crippen LogP contribution in [0.3, 0.4) is 0 Å². The summed E-state index contributed by atoms with van der Waals surface area (Å²) in [6.45, 7) is 0. The second-order valence-corrected chi connectivity index (χ2v) is 2.20. The van der Waals surface area contributed by atoms with E-state index in [0.29, 0.717) is 0 Å². The molecule has 0 aromatic carbocycles. The van der Waals surface area contributed by atoms with Crippen LogP contribution in [0.2, 0.25) is 0 Å². The largest absolute Gasteiger partial charge is 0.352 e. The summed E-state index contributed by atoms with van der Waals surface area (Å²) in [4.78, 5) is 21.8. The molecule has 76 valence electrons. The molecule has 14 heavy (non-hydrogen) atoms. The Labute approximate surface area is 78.8 Å². The highest BCUT2D eigenvalue weighted by Crippen LogP contribution is 1.83. The van der Waals surface area contributed by atoms with Crippen LogP contribution in [0, 0.1) is 0 Å². The molecule has 0 radical (unpaired) electrons. The number of nitrogens with one attached hydrogen (secondary N) is 4. The first kappa shape index (κ1) is 9.92. The number of carbonyl (C=O) groups is 2. The van der Waals surface area contributed by atoms with E-state index in [1.165, 1.54) is 7.05 Å². The van der Waals surface area contributed by atoms with Crippen LogP contribution in [0.25, 0.3) is 0 Å². The first-order chi connectivity index (χ1) is 6.69. The topological polar surface area (TPSA) is 133 Å². The van der Waals surface area contributed by atoms with Crippen molar-refractivity contribution in [1.29, 1.82) is 0 Å². The van der Waals surface area contributed by atoms with Crippen molar-refractivity contribution in [2.45, 2.75) is 0 Å². The van der Waals surface area contributed by atoms with Crippen LogP contribution in [0.1, 0.15) is 0 Å². The third kappa shape index (κ3) is 1.95. The number of hydrogen-bond acceptors (Lipinski definition) is 7. The van der Waals surface area contributed by atoms with Gasteiger partial charge in [-0.15, -0.1) is 10.2 Å². The van der Waals surface area contributed by atoms with Gasteiger partial charge < -0.3 is 5.32 Å². The second kappa shape index (κ2) is 4.18. The fourth-order valence-corrected chi connectivity index (χ4v) is 0.658. The Balaban J connectivity index is 2.61. The molecule has 0 bridgehead atoms. The summed E-state index contributed by atoms with van der Waals surface area (Å²) in [5.74, 6) is 3.59. The minimum Gasteiger partial charge on any atom is -0.352 e. The number of hydrazone groups is 2. The highest BCUT2D eigenvalue weighted by atomic mass is 16.2. The Bertz CT molecular complexity index is 288. The van der Waals surface area contributed by atoms with Gasteiger partial charge in [-0.3, -0.25) is 25.9 Å². The lowest BCUT2D eigenvalue weighted by atomic mass is 10.5. The summed E-state index contributed by atoms with van der Waals surface area (Å²) in [5, 5.41) is 9.40. The summed E-state index contributed by atoms with van der Waals surface area (Å²) in [6, 6.07) is 0. The lowest BCUT2D eigenvalue weighted by molar-refractivity contribution is -0.116. The van der Waals surface area contributed by atoms with Gasteiger partial charge in [-0.05, 0) is 0 Å². The van der Waals surface area contributed by atoms with Crippen LogP contribution in [0.5, 0.6) is 0 Å². The Morgan fingerprint density at radius 2 is 1.71 bits per heavy atom. The predicted molar refractivity (Wildman–Crippen MR) is 47.5 cm³/mol. The van der Waals surface area contributed by atoms with Crippen LogP contribution in [-0.2, 0) is 9.59 Å². The van der Waals surface area contributed by atoms with Gasteiger partial charge in [0.15, 0.2) is 0 Å². The minimum absolute atomic E-state index is 0.0407. The van der Waals surface area contributed by atoms with Gasteiger partial charge in [-0.25, -0.2) is 5.84 Å². The molecule has 1 rings (SSSR count). The van der Waals surface area contributed by atoms with Crippen LogP contribution in [0.4, 0.5) is 0 Å². The summed E-state index contributed by atoms with van der Waals surface area (Å²) in [7, 11) is 1.44. The van der Waals surface area contributed by atoms with E-state index < -0.39 is 11.8 Å². The van der Waals surface area contributed by atoms with Gasteiger partial charge in [-0.1, -0.05) is 0 Å². The molecule has 0 aromatic heterocycles. The van der Waals surface area contributed by atoms with E-state index in [-0.39, 0.29) is 11.7 Å². The van der Waals surface area contributed by atoms with Crippen molar-refractivity contribution in [1.82, 2.24) is 21.6 Å². The van der Waals surface area contributed by atoms with Gasteiger partial charge in [0.2, 0.25) is 11.7 Å². The average Bonchev–Trinajstić information content (AvgIpc) is 2.27. The maximum Gasteiger partial charge on any atom is 0.304 e. The Kier molecular flexibility index (Phi) is 2.97. The molecule has 0 saturated heterocycles. The number of hydrogen-bond donors (Lipinski definition) is 5. The Morgan fingerprint density at radius 1 is 1.21 bits per heavy atom. The van der Waals surface area contributed by atoms with Crippen molar-refractivity contribution in [3.05, 3.63) is 0 Å². The molecule has 2 amide bonds. The highest BCUT2D eigenvalue weighted by molar-refractivity contribution is 6.42. The number of carbonyl (C=O) groups excluding carboxylic acids is 2. The molecule has 0 unspecified atom stereocenters. The van der Waals surface area contributed by atoms with Gasteiger partial charge >= 0.3 is 5.91 Å². The summed E-state index contributed by atoms with van der Waals surface area (Å²) in [6.07, 6.45) is 0. The van der Waals surface area contributed by atoms with Gasteiger partial charge in [0.1, 0.15) is 0 Å². The molecule has 0 fully saturated rings. The molecule has 0 spiro atoms. The quantitative estimate of drug-likeness (QED) is 0.179. The van der Waals surface area contributed by atoms with Crippen molar-refractivity contribution in [3.63, 3.8) is 0 Å². The lowest BCUT2D eigenvalue weighted by Crippen LogP contribution is -2.48. The molecule has 1 aliphatic heterocycles. The van der Waals surface area contributed by atoms with E-state index >= 15 is 0 Å².